The smallest absolute Gasteiger partial charge is 0.226 e. The van der Waals surface area contributed by atoms with Crippen molar-refractivity contribution in [1.29, 1.82) is 0 Å². The number of rotatable bonds is 9. The van der Waals surface area contributed by atoms with Crippen molar-refractivity contribution in [2.75, 3.05) is 18.9 Å². The normalized spacial score (nSPS) is 28.9. The largest absolute Gasteiger partial charge is 0.489 e. The highest BCUT2D eigenvalue weighted by atomic mass is 32.2. The van der Waals surface area contributed by atoms with Crippen molar-refractivity contribution in [3.05, 3.63) is 36.2 Å². The number of halogens is 1. The van der Waals surface area contributed by atoms with Crippen LogP contribution in [0.2, 0.25) is 0 Å². The van der Waals surface area contributed by atoms with Crippen LogP contribution in [0.25, 0.3) is 0 Å². The van der Waals surface area contributed by atoms with Gasteiger partial charge in [-0.25, -0.2) is 12.8 Å². The van der Waals surface area contributed by atoms with Gasteiger partial charge in [0.05, 0.1) is 17.0 Å². The van der Waals surface area contributed by atoms with Gasteiger partial charge in [-0.2, -0.15) is 0 Å². The van der Waals surface area contributed by atoms with Gasteiger partial charge < -0.3 is 15.8 Å². The molecule has 4 fully saturated rings. The molecular formula is C24H33FN2O4S. The molecule has 1 aromatic rings. The van der Waals surface area contributed by atoms with Crippen LogP contribution < -0.4 is 15.8 Å². The summed E-state index contributed by atoms with van der Waals surface area (Å²) in [7, 11) is -3.45. The van der Waals surface area contributed by atoms with E-state index in [1.807, 2.05) is 6.92 Å². The van der Waals surface area contributed by atoms with Gasteiger partial charge in [0.1, 0.15) is 12.4 Å². The fourth-order valence-corrected chi connectivity index (χ4v) is 6.97. The predicted molar refractivity (Wildman–Crippen MR) is 121 cm³/mol. The minimum atomic E-state index is -3.45. The zero-order valence-corrected chi connectivity index (χ0v) is 19.5. The molecule has 0 radical (unpaired) electrons. The minimum Gasteiger partial charge on any atom is -0.489 e. The summed E-state index contributed by atoms with van der Waals surface area (Å²) in [6, 6.07) is 6.29. The number of nitrogens with one attached hydrogen (secondary N) is 1. The van der Waals surface area contributed by atoms with Gasteiger partial charge in [-0.3, -0.25) is 4.79 Å². The van der Waals surface area contributed by atoms with E-state index in [0.29, 0.717) is 17.7 Å². The summed E-state index contributed by atoms with van der Waals surface area (Å²) >= 11 is 0. The van der Waals surface area contributed by atoms with E-state index in [1.165, 1.54) is 0 Å². The maximum Gasteiger partial charge on any atom is 0.226 e. The zero-order valence-electron chi connectivity index (χ0n) is 18.7. The fraction of sp³-hybridized carbons (Fsp3) is 0.625. The molecule has 0 unspecified atom stereocenters. The van der Waals surface area contributed by atoms with Crippen LogP contribution in [-0.4, -0.2) is 38.8 Å². The molecule has 0 aromatic heterocycles. The lowest BCUT2D eigenvalue weighted by Gasteiger charge is -2.53. The maximum atomic E-state index is 13.2. The van der Waals surface area contributed by atoms with Gasteiger partial charge >= 0.3 is 0 Å². The molecule has 32 heavy (non-hydrogen) atoms. The Hall–Kier alpha value is -1.93. The van der Waals surface area contributed by atoms with Gasteiger partial charge in [-0.05, 0) is 81.0 Å². The van der Waals surface area contributed by atoms with Crippen molar-refractivity contribution in [2.45, 2.75) is 68.7 Å². The molecule has 1 amide bonds. The van der Waals surface area contributed by atoms with Crippen LogP contribution in [0.3, 0.4) is 0 Å². The number of carbonyl (C=O) groups is 1. The van der Waals surface area contributed by atoms with E-state index in [-0.39, 0.29) is 46.1 Å². The van der Waals surface area contributed by atoms with E-state index in [4.69, 9.17) is 10.5 Å². The van der Waals surface area contributed by atoms with E-state index < -0.39 is 9.84 Å². The standard InChI is InChI=1S/C24H33FN2O4S/c1-22(6-7-22)21(28)27-24-11-8-23(9-12-24,10-13-24)17-32(29,30)20-4-2-19(3-5-20)31-16-18(14-25)15-26/h2-5,14H,6-13,15-17,26H2,1H3,(H,27,28). The molecule has 4 aliphatic rings. The summed E-state index contributed by atoms with van der Waals surface area (Å²) in [6.45, 7) is 2.11. The molecule has 4 aliphatic carbocycles. The monoisotopic (exact) mass is 464 g/mol. The van der Waals surface area contributed by atoms with Crippen molar-refractivity contribution < 1.29 is 22.3 Å². The number of carbonyl (C=O) groups excluding carboxylic acids is 1. The number of benzene rings is 1. The third-order valence-electron chi connectivity index (χ3n) is 7.85. The lowest BCUT2D eigenvalue weighted by molar-refractivity contribution is -0.129. The Morgan fingerprint density at radius 3 is 2.19 bits per heavy atom. The summed E-state index contributed by atoms with van der Waals surface area (Å²) in [5, 5.41) is 3.33. The van der Waals surface area contributed by atoms with Crippen LogP contribution in [0.1, 0.15) is 58.3 Å². The van der Waals surface area contributed by atoms with Crippen molar-refractivity contribution >= 4 is 15.7 Å². The summed E-state index contributed by atoms with van der Waals surface area (Å²) in [6.07, 6.45) is 7.36. The topological polar surface area (TPSA) is 98.5 Å². The Balaban J connectivity index is 1.36. The van der Waals surface area contributed by atoms with Gasteiger partial charge in [0.25, 0.3) is 0 Å². The second-order valence-corrected chi connectivity index (χ2v) is 12.3. The summed E-state index contributed by atoms with van der Waals surface area (Å²) in [5.74, 6) is 0.765. The molecule has 0 saturated heterocycles. The minimum absolute atomic E-state index is 0.0274. The number of amides is 1. The Morgan fingerprint density at radius 1 is 1.09 bits per heavy atom. The molecule has 0 aliphatic heterocycles. The van der Waals surface area contributed by atoms with Crippen LogP contribution in [0.15, 0.2) is 41.1 Å². The van der Waals surface area contributed by atoms with Crippen molar-refractivity contribution in [3.8, 4) is 5.75 Å². The summed E-state index contributed by atoms with van der Waals surface area (Å²) in [5.41, 5.74) is 5.19. The van der Waals surface area contributed by atoms with E-state index in [2.05, 4.69) is 5.32 Å². The Labute approximate surface area is 189 Å². The Kier molecular flexibility index (Phi) is 6.13. The van der Waals surface area contributed by atoms with Gasteiger partial charge in [0.2, 0.25) is 5.91 Å². The average molecular weight is 465 g/mol. The molecule has 0 spiro atoms. The third kappa shape index (κ3) is 4.71. The van der Waals surface area contributed by atoms with Gasteiger partial charge in [0, 0.05) is 23.1 Å². The number of nitrogens with two attached hydrogens (primary N) is 1. The predicted octanol–water partition coefficient (Wildman–Crippen LogP) is 3.66. The Bertz CT molecular complexity index is 975. The first-order valence-electron chi connectivity index (χ1n) is 11.4. The first kappa shape index (κ1) is 23.2. The number of hydrogen-bond acceptors (Lipinski definition) is 5. The van der Waals surface area contributed by atoms with Crippen molar-refractivity contribution in [2.24, 2.45) is 16.6 Å². The van der Waals surface area contributed by atoms with Crippen LogP contribution in [0, 0.1) is 10.8 Å². The molecule has 5 rings (SSSR count). The number of ether oxygens (including phenoxy) is 1. The summed E-state index contributed by atoms with van der Waals surface area (Å²) in [4.78, 5) is 12.8. The SMILES string of the molecule is CC1(C(=O)NC23CCC(CS(=O)(=O)c4ccc(OCC(=CF)CN)cc4)(CC2)CC3)CC1. The highest BCUT2D eigenvalue weighted by Gasteiger charge is 2.53. The van der Waals surface area contributed by atoms with Gasteiger partial charge in [0.15, 0.2) is 9.84 Å². The zero-order chi connectivity index (χ0) is 23.0. The second-order valence-electron chi connectivity index (χ2n) is 10.3. The van der Waals surface area contributed by atoms with E-state index in [1.54, 1.807) is 24.3 Å². The molecule has 2 bridgehead atoms. The molecule has 6 nitrogen and oxygen atoms in total. The molecular weight excluding hydrogens is 431 g/mol. The number of fused-ring (bicyclic) bond motifs is 3. The first-order chi connectivity index (χ1) is 15.1. The highest BCUT2D eigenvalue weighted by Crippen LogP contribution is 2.54. The lowest BCUT2D eigenvalue weighted by atomic mass is 9.58. The van der Waals surface area contributed by atoms with Crippen molar-refractivity contribution in [3.63, 3.8) is 0 Å². The van der Waals surface area contributed by atoms with Crippen LogP contribution >= 0.6 is 0 Å². The second kappa shape index (κ2) is 8.45. The van der Waals surface area contributed by atoms with Crippen molar-refractivity contribution in [1.82, 2.24) is 5.32 Å². The average Bonchev–Trinajstić information content (AvgIpc) is 3.54. The molecule has 176 valence electrons. The fourth-order valence-electron chi connectivity index (χ4n) is 5.01. The first-order valence-corrected chi connectivity index (χ1v) is 13.1. The molecule has 0 heterocycles. The number of sulfone groups is 1. The Morgan fingerprint density at radius 2 is 1.69 bits per heavy atom. The van der Waals surface area contributed by atoms with Crippen LogP contribution in [-0.2, 0) is 14.6 Å². The van der Waals surface area contributed by atoms with Gasteiger partial charge in [-0.15, -0.1) is 0 Å². The van der Waals surface area contributed by atoms with E-state index in [9.17, 15) is 17.6 Å². The van der Waals surface area contributed by atoms with E-state index in [0.717, 1.165) is 51.4 Å². The maximum absolute atomic E-state index is 13.2. The summed E-state index contributed by atoms with van der Waals surface area (Å²) < 4.78 is 44.4. The highest BCUT2D eigenvalue weighted by molar-refractivity contribution is 7.91. The molecule has 4 saturated carbocycles. The molecule has 0 atom stereocenters. The van der Waals surface area contributed by atoms with Gasteiger partial charge in [-0.1, -0.05) is 6.92 Å². The third-order valence-corrected chi connectivity index (χ3v) is 9.83. The quantitative estimate of drug-likeness (QED) is 0.581. The molecule has 1 aromatic carbocycles. The number of hydrogen-bond donors (Lipinski definition) is 2. The van der Waals surface area contributed by atoms with E-state index >= 15 is 0 Å². The lowest BCUT2D eigenvalue weighted by Crippen LogP contribution is -2.58. The van der Waals surface area contributed by atoms with Crippen LogP contribution in [0.5, 0.6) is 5.75 Å². The van der Waals surface area contributed by atoms with Crippen LogP contribution in [0.4, 0.5) is 4.39 Å². The molecule has 8 heteroatoms. The molecule has 3 N–H and O–H groups in total.